The van der Waals surface area contributed by atoms with Crippen LogP contribution in [0, 0.1) is 6.92 Å². The molecule has 34 heavy (non-hydrogen) atoms. The van der Waals surface area contributed by atoms with Gasteiger partial charge in [0.1, 0.15) is 11.6 Å². The van der Waals surface area contributed by atoms with E-state index in [4.69, 9.17) is 9.72 Å². The van der Waals surface area contributed by atoms with Gasteiger partial charge in [0.05, 0.1) is 29.6 Å². The van der Waals surface area contributed by atoms with E-state index in [9.17, 15) is 9.59 Å². The zero-order valence-electron chi connectivity index (χ0n) is 19.4. The van der Waals surface area contributed by atoms with Crippen LogP contribution in [-0.2, 0) is 6.54 Å². The average Bonchev–Trinajstić information content (AvgIpc) is 3.68. The normalized spacial score (nSPS) is 13.1. The van der Waals surface area contributed by atoms with Gasteiger partial charge in [-0.05, 0) is 62.6 Å². The number of carbonyl (C=O) groups is 1. The summed E-state index contributed by atoms with van der Waals surface area (Å²) < 4.78 is 7.37. The Balaban J connectivity index is 1.51. The summed E-state index contributed by atoms with van der Waals surface area (Å²) in [6.07, 6.45) is 2.11. The van der Waals surface area contributed by atoms with Gasteiger partial charge in [-0.15, -0.1) is 0 Å². The third kappa shape index (κ3) is 4.44. The van der Waals surface area contributed by atoms with Gasteiger partial charge in [0.15, 0.2) is 0 Å². The SMILES string of the molecule is CCOc1ccccc1C(=O)Nc1ccc2nc(C3CC3)n(Cc3ccc(C)cc3)c(=O)c2c1. The fraction of sp³-hybridized carbons (Fsp3) is 0.250. The monoisotopic (exact) mass is 453 g/mol. The standard InChI is InChI=1S/C28H27N3O3/c1-3-34-25-7-5-4-6-22(25)27(32)29-21-14-15-24-23(16-21)28(33)31(26(30-24)20-12-13-20)17-19-10-8-18(2)9-11-19/h4-11,14-16,20H,3,12-13,17H2,1-2H3,(H,29,32). The van der Waals surface area contributed by atoms with Crippen molar-refractivity contribution < 1.29 is 9.53 Å². The molecule has 1 heterocycles. The molecule has 0 radical (unpaired) electrons. The van der Waals surface area contributed by atoms with Crippen LogP contribution < -0.4 is 15.6 Å². The Labute approximate surface area is 198 Å². The molecule has 0 spiro atoms. The van der Waals surface area contributed by atoms with Gasteiger partial charge in [0.25, 0.3) is 11.5 Å². The number of anilines is 1. The molecule has 1 aliphatic rings. The van der Waals surface area contributed by atoms with Crippen LogP contribution in [0.5, 0.6) is 5.75 Å². The Morgan fingerprint density at radius 1 is 1.09 bits per heavy atom. The van der Waals surface area contributed by atoms with Gasteiger partial charge in [0.2, 0.25) is 0 Å². The summed E-state index contributed by atoms with van der Waals surface area (Å²) in [5, 5.41) is 3.40. The lowest BCUT2D eigenvalue weighted by Crippen LogP contribution is -2.26. The van der Waals surface area contributed by atoms with Crippen molar-refractivity contribution >= 4 is 22.5 Å². The number of nitrogens with one attached hydrogen (secondary N) is 1. The maximum atomic E-state index is 13.6. The molecule has 1 fully saturated rings. The number of amides is 1. The maximum absolute atomic E-state index is 13.6. The van der Waals surface area contributed by atoms with E-state index < -0.39 is 0 Å². The lowest BCUT2D eigenvalue weighted by atomic mass is 10.1. The summed E-state index contributed by atoms with van der Waals surface area (Å²) in [6.45, 7) is 4.87. The summed E-state index contributed by atoms with van der Waals surface area (Å²) in [5.41, 5.74) is 3.81. The van der Waals surface area contributed by atoms with Crippen molar-refractivity contribution in [2.24, 2.45) is 0 Å². The average molecular weight is 454 g/mol. The van der Waals surface area contributed by atoms with Crippen molar-refractivity contribution in [3.63, 3.8) is 0 Å². The number of hydrogen-bond donors (Lipinski definition) is 1. The zero-order valence-corrected chi connectivity index (χ0v) is 19.4. The minimum absolute atomic E-state index is 0.0849. The largest absolute Gasteiger partial charge is 0.493 e. The van der Waals surface area contributed by atoms with E-state index >= 15 is 0 Å². The van der Waals surface area contributed by atoms with Crippen LogP contribution in [0.15, 0.2) is 71.5 Å². The molecule has 0 aliphatic heterocycles. The van der Waals surface area contributed by atoms with Crippen LogP contribution in [0.2, 0.25) is 0 Å². The van der Waals surface area contributed by atoms with Crippen molar-refractivity contribution in [1.82, 2.24) is 9.55 Å². The molecule has 0 atom stereocenters. The molecule has 0 unspecified atom stereocenters. The van der Waals surface area contributed by atoms with Crippen molar-refractivity contribution in [3.05, 3.63) is 99.6 Å². The Hall–Kier alpha value is -3.93. The summed E-state index contributed by atoms with van der Waals surface area (Å²) in [7, 11) is 0. The van der Waals surface area contributed by atoms with Crippen LogP contribution in [0.1, 0.15) is 53.0 Å². The molecule has 1 amide bonds. The molecule has 172 valence electrons. The molecule has 1 aliphatic carbocycles. The lowest BCUT2D eigenvalue weighted by Gasteiger charge is -2.15. The quantitative estimate of drug-likeness (QED) is 0.413. The van der Waals surface area contributed by atoms with Gasteiger partial charge in [-0.3, -0.25) is 14.2 Å². The number of ether oxygens (including phenoxy) is 1. The zero-order chi connectivity index (χ0) is 23.7. The van der Waals surface area contributed by atoms with Gasteiger partial charge in [0, 0.05) is 11.6 Å². The van der Waals surface area contributed by atoms with Crippen LogP contribution in [-0.4, -0.2) is 22.1 Å². The highest BCUT2D eigenvalue weighted by Gasteiger charge is 2.29. The third-order valence-electron chi connectivity index (χ3n) is 6.08. The van der Waals surface area contributed by atoms with E-state index in [1.165, 1.54) is 5.56 Å². The Kier molecular flexibility index (Phi) is 5.88. The van der Waals surface area contributed by atoms with Gasteiger partial charge in [-0.25, -0.2) is 4.98 Å². The second-order valence-corrected chi connectivity index (χ2v) is 8.74. The van der Waals surface area contributed by atoms with Gasteiger partial charge < -0.3 is 10.1 Å². The number of rotatable bonds is 7. The number of aromatic nitrogens is 2. The third-order valence-corrected chi connectivity index (χ3v) is 6.08. The number of para-hydroxylation sites is 1. The predicted molar refractivity (Wildman–Crippen MR) is 134 cm³/mol. The van der Waals surface area contributed by atoms with E-state index in [2.05, 4.69) is 29.6 Å². The molecule has 6 heteroatoms. The minimum Gasteiger partial charge on any atom is -0.493 e. The predicted octanol–water partition coefficient (Wildman–Crippen LogP) is 5.28. The number of hydrogen-bond acceptors (Lipinski definition) is 4. The Bertz CT molecular complexity index is 1420. The number of aryl methyl sites for hydroxylation is 1. The highest BCUT2D eigenvalue weighted by atomic mass is 16.5. The van der Waals surface area contributed by atoms with Crippen molar-refractivity contribution in [3.8, 4) is 5.75 Å². The first kappa shape index (κ1) is 21.9. The van der Waals surface area contributed by atoms with Crippen LogP contribution in [0.4, 0.5) is 5.69 Å². The summed E-state index contributed by atoms with van der Waals surface area (Å²) in [6, 6.07) is 20.6. The summed E-state index contributed by atoms with van der Waals surface area (Å²) in [4.78, 5) is 31.4. The van der Waals surface area contributed by atoms with Crippen molar-refractivity contribution in [2.45, 2.75) is 39.2 Å². The fourth-order valence-electron chi connectivity index (χ4n) is 4.13. The van der Waals surface area contributed by atoms with Gasteiger partial charge in [-0.2, -0.15) is 0 Å². The van der Waals surface area contributed by atoms with E-state index in [-0.39, 0.29) is 11.5 Å². The minimum atomic E-state index is -0.286. The number of carbonyl (C=O) groups excluding carboxylic acids is 1. The highest BCUT2D eigenvalue weighted by Crippen LogP contribution is 2.39. The molecule has 0 bridgehead atoms. The summed E-state index contributed by atoms with van der Waals surface area (Å²) in [5.74, 6) is 1.42. The molecule has 3 aromatic carbocycles. The first-order valence-corrected chi connectivity index (χ1v) is 11.7. The second kappa shape index (κ2) is 9.14. The van der Waals surface area contributed by atoms with Crippen molar-refractivity contribution in [1.29, 1.82) is 0 Å². The van der Waals surface area contributed by atoms with E-state index in [1.807, 2.05) is 26.0 Å². The molecule has 1 N–H and O–H groups in total. The molecule has 0 saturated heterocycles. The molecule has 4 aromatic rings. The van der Waals surface area contributed by atoms with Crippen molar-refractivity contribution in [2.75, 3.05) is 11.9 Å². The topological polar surface area (TPSA) is 73.2 Å². The molecule has 6 nitrogen and oxygen atoms in total. The number of benzene rings is 3. The number of fused-ring (bicyclic) bond motifs is 1. The van der Waals surface area contributed by atoms with E-state index in [0.717, 1.165) is 24.2 Å². The molecule has 5 rings (SSSR count). The Morgan fingerprint density at radius 3 is 2.59 bits per heavy atom. The van der Waals surface area contributed by atoms with E-state index in [1.54, 1.807) is 34.9 Å². The maximum Gasteiger partial charge on any atom is 0.261 e. The smallest absolute Gasteiger partial charge is 0.261 e. The molecular weight excluding hydrogens is 426 g/mol. The van der Waals surface area contributed by atoms with Gasteiger partial charge >= 0.3 is 0 Å². The van der Waals surface area contributed by atoms with Gasteiger partial charge in [-0.1, -0.05) is 42.0 Å². The second-order valence-electron chi connectivity index (χ2n) is 8.74. The van der Waals surface area contributed by atoms with Crippen LogP contribution in [0.25, 0.3) is 10.9 Å². The number of nitrogens with zero attached hydrogens (tertiary/aromatic N) is 2. The van der Waals surface area contributed by atoms with Crippen LogP contribution in [0.3, 0.4) is 0 Å². The molecule has 1 saturated carbocycles. The highest BCUT2D eigenvalue weighted by molar-refractivity contribution is 6.06. The van der Waals surface area contributed by atoms with Crippen LogP contribution >= 0.6 is 0 Å². The first-order chi connectivity index (χ1) is 16.5. The first-order valence-electron chi connectivity index (χ1n) is 11.7. The fourth-order valence-corrected chi connectivity index (χ4v) is 4.13. The Morgan fingerprint density at radius 2 is 1.85 bits per heavy atom. The van der Waals surface area contributed by atoms with E-state index in [0.29, 0.717) is 47.0 Å². The summed E-state index contributed by atoms with van der Waals surface area (Å²) >= 11 is 0. The molecule has 1 aromatic heterocycles. The molecular formula is C28H27N3O3. The lowest BCUT2D eigenvalue weighted by molar-refractivity contribution is 0.102.